The SMILES string of the molecule is CCN(CC)c1ccc([C@H]2NC(=O)NC(C)=C2C(=O)OCCc2ccccc2)cc1. The van der Waals surface area contributed by atoms with Gasteiger partial charge in [0, 0.05) is 30.9 Å². The van der Waals surface area contributed by atoms with Crippen LogP contribution >= 0.6 is 0 Å². The van der Waals surface area contributed by atoms with Crippen molar-refractivity contribution in [2.45, 2.75) is 33.2 Å². The average Bonchev–Trinajstić information content (AvgIpc) is 2.75. The number of esters is 1. The minimum absolute atomic E-state index is 0.279. The molecule has 2 N–H and O–H groups in total. The highest BCUT2D eigenvalue weighted by atomic mass is 16.5. The van der Waals surface area contributed by atoms with E-state index in [4.69, 9.17) is 4.74 Å². The van der Waals surface area contributed by atoms with Gasteiger partial charge in [0.2, 0.25) is 0 Å². The molecule has 1 heterocycles. The summed E-state index contributed by atoms with van der Waals surface area (Å²) in [5.74, 6) is -0.422. The van der Waals surface area contributed by atoms with E-state index in [0.29, 0.717) is 17.7 Å². The van der Waals surface area contributed by atoms with Gasteiger partial charge in [-0.3, -0.25) is 0 Å². The number of urea groups is 1. The van der Waals surface area contributed by atoms with Gasteiger partial charge >= 0.3 is 12.0 Å². The van der Waals surface area contributed by atoms with Crippen LogP contribution in [0.15, 0.2) is 65.9 Å². The fourth-order valence-corrected chi connectivity index (χ4v) is 3.66. The third-order valence-electron chi connectivity index (χ3n) is 5.31. The molecule has 2 aromatic carbocycles. The number of rotatable bonds is 8. The van der Waals surface area contributed by atoms with Crippen LogP contribution in [0, 0.1) is 0 Å². The Bertz CT molecular complexity index is 903. The molecule has 0 radical (unpaired) electrons. The van der Waals surface area contributed by atoms with Crippen molar-refractivity contribution in [2.24, 2.45) is 0 Å². The minimum atomic E-state index is -0.547. The maximum atomic E-state index is 12.9. The maximum absolute atomic E-state index is 12.9. The van der Waals surface area contributed by atoms with Crippen molar-refractivity contribution >= 4 is 17.7 Å². The monoisotopic (exact) mass is 407 g/mol. The molecule has 6 nitrogen and oxygen atoms in total. The highest BCUT2D eigenvalue weighted by Gasteiger charge is 2.32. The summed E-state index contributed by atoms with van der Waals surface area (Å²) in [5.41, 5.74) is 4.00. The maximum Gasteiger partial charge on any atom is 0.338 e. The van der Waals surface area contributed by atoms with E-state index < -0.39 is 12.0 Å². The predicted molar refractivity (Wildman–Crippen MR) is 118 cm³/mol. The highest BCUT2D eigenvalue weighted by molar-refractivity contribution is 5.95. The summed E-state index contributed by atoms with van der Waals surface area (Å²) in [4.78, 5) is 27.2. The van der Waals surface area contributed by atoms with Crippen LogP contribution in [-0.2, 0) is 16.0 Å². The van der Waals surface area contributed by atoms with Gasteiger partial charge in [0.05, 0.1) is 18.2 Å². The summed E-state index contributed by atoms with van der Waals surface area (Å²) in [6, 6.07) is 16.9. The first-order chi connectivity index (χ1) is 14.5. The van der Waals surface area contributed by atoms with Crippen LogP contribution in [0.3, 0.4) is 0 Å². The molecule has 1 atom stereocenters. The van der Waals surface area contributed by atoms with E-state index in [9.17, 15) is 9.59 Å². The van der Waals surface area contributed by atoms with Crippen LogP contribution < -0.4 is 15.5 Å². The second-order valence-electron chi connectivity index (χ2n) is 7.21. The number of carbonyl (C=O) groups excluding carboxylic acids is 2. The Morgan fingerprint density at radius 2 is 1.70 bits per heavy atom. The number of hydrogen-bond acceptors (Lipinski definition) is 4. The number of benzene rings is 2. The molecule has 6 heteroatoms. The van der Waals surface area contributed by atoms with Gasteiger partial charge in [-0.25, -0.2) is 9.59 Å². The van der Waals surface area contributed by atoms with Crippen LogP contribution in [0.2, 0.25) is 0 Å². The van der Waals surface area contributed by atoms with Gasteiger partial charge in [0.25, 0.3) is 0 Å². The largest absolute Gasteiger partial charge is 0.462 e. The van der Waals surface area contributed by atoms with E-state index >= 15 is 0 Å². The number of amides is 2. The summed E-state index contributed by atoms with van der Waals surface area (Å²) >= 11 is 0. The lowest BCUT2D eigenvalue weighted by atomic mass is 9.95. The van der Waals surface area contributed by atoms with Gasteiger partial charge in [-0.05, 0) is 44.0 Å². The van der Waals surface area contributed by atoms with Crippen LogP contribution in [0.25, 0.3) is 0 Å². The third kappa shape index (κ3) is 5.00. The zero-order chi connectivity index (χ0) is 21.5. The lowest BCUT2D eigenvalue weighted by Crippen LogP contribution is -2.45. The van der Waals surface area contributed by atoms with Crippen molar-refractivity contribution in [3.8, 4) is 0 Å². The Hall–Kier alpha value is -3.28. The van der Waals surface area contributed by atoms with Gasteiger partial charge in [-0.2, -0.15) is 0 Å². The summed E-state index contributed by atoms with van der Waals surface area (Å²) in [6.07, 6.45) is 0.641. The first-order valence-electron chi connectivity index (χ1n) is 10.4. The first-order valence-corrected chi connectivity index (χ1v) is 10.4. The summed E-state index contributed by atoms with van der Waals surface area (Å²) in [5, 5.41) is 5.54. The van der Waals surface area contributed by atoms with E-state index in [0.717, 1.165) is 29.9 Å². The molecule has 2 aromatic rings. The molecular weight excluding hydrogens is 378 g/mol. The van der Waals surface area contributed by atoms with Gasteiger partial charge in [-0.1, -0.05) is 42.5 Å². The topological polar surface area (TPSA) is 70.7 Å². The molecule has 2 amide bonds. The Morgan fingerprint density at radius 1 is 1.03 bits per heavy atom. The van der Waals surface area contributed by atoms with E-state index in [1.165, 1.54) is 0 Å². The van der Waals surface area contributed by atoms with Gasteiger partial charge in [0.1, 0.15) is 0 Å². The van der Waals surface area contributed by atoms with Crippen molar-refractivity contribution in [1.29, 1.82) is 0 Å². The predicted octanol–water partition coefficient (Wildman–Crippen LogP) is 3.95. The molecule has 0 saturated carbocycles. The molecule has 0 unspecified atom stereocenters. The molecule has 0 aliphatic carbocycles. The van der Waals surface area contributed by atoms with E-state index in [-0.39, 0.29) is 12.6 Å². The van der Waals surface area contributed by atoms with Crippen LogP contribution in [0.5, 0.6) is 0 Å². The molecule has 0 saturated heterocycles. The molecule has 1 aliphatic rings. The summed E-state index contributed by atoms with van der Waals surface area (Å²) in [7, 11) is 0. The second kappa shape index (κ2) is 9.96. The quantitative estimate of drug-likeness (QED) is 0.650. The van der Waals surface area contributed by atoms with Crippen LogP contribution in [0.4, 0.5) is 10.5 Å². The van der Waals surface area contributed by atoms with Crippen LogP contribution in [0.1, 0.15) is 37.9 Å². The fraction of sp³-hybridized carbons (Fsp3) is 0.333. The number of ether oxygens (including phenoxy) is 1. The molecule has 3 rings (SSSR count). The number of nitrogens with zero attached hydrogens (tertiary/aromatic N) is 1. The van der Waals surface area contributed by atoms with Crippen molar-refractivity contribution in [3.05, 3.63) is 77.0 Å². The lowest BCUT2D eigenvalue weighted by Gasteiger charge is -2.29. The molecule has 0 spiro atoms. The summed E-state index contributed by atoms with van der Waals surface area (Å²) in [6.45, 7) is 8.06. The molecule has 0 fully saturated rings. The Labute approximate surface area is 177 Å². The van der Waals surface area contributed by atoms with E-state index in [2.05, 4.69) is 29.4 Å². The zero-order valence-corrected chi connectivity index (χ0v) is 17.8. The smallest absolute Gasteiger partial charge is 0.338 e. The number of hydrogen-bond donors (Lipinski definition) is 2. The van der Waals surface area contributed by atoms with E-state index in [1.54, 1.807) is 6.92 Å². The Kier molecular flexibility index (Phi) is 7.12. The first kappa shape index (κ1) is 21.4. The molecule has 158 valence electrons. The second-order valence-corrected chi connectivity index (χ2v) is 7.21. The van der Waals surface area contributed by atoms with Crippen molar-refractivity contribution in [1.82, 2.24) is 10.6 Å². The van der Waals surface area contributed by atoms with Gasteiger partial charge in [-0.15, -0.1) is 0 Å². The number of carbonyl (C=O) groups is 2. The Morgan fingerprint density at radius 3 is 2.33 bits per heavy atom. The Balaban J connectivity index is 1.76. The molecule has 0 bridgehead atoms. The van der Waals surface area contributed by atoms with Crippen molar-refractivity contribution < 1.29 is 14.3 Å². The third-order valence-corrected chi connectivity index (χ3v) is 5.31. The molecule has 0 aromatic heterocycles. The number of anilines is 1. The number of allylic oxidation sites excluding steroid dienone is 1. The van der Waals surface area contributed by atoms with Gasteiger partial charge < -0.3 is 20.3 Å². The molecule has 1 aliphatic heterocycles. The van der Waals surface area contributed by atoms with Crippen molar-refractivity contribution in [2.75, 3.05) is 24.6 Å². The standard InChI is InChI=1S/C24H29N3O3/c1-4-27(5-2)20-13-11-19(12-14-20)22-21(17(3)25-24(29)26-22)23(28)30-16-15-18-9-7-6-8-10-18/h6-14,22H,4-5,15-16H2,1-3H3,(H2,25,26,29)/t22-/m1/s1. The van der Waals surface area contributed by atoms with Gasteiger partial charge in [0.15, 0.2) is 0 Å². The highest BCUT2D eigenvalue weighted by Crippen LogP contribution is 2.29. The average molecular weight is 408 g/mol. The summed E-state index contributed by atoms with van der Waals surface area (Å²) < 4.78 is 5.54. The molecule has 30 heavy (non-hydrogen) atoms. The van der Waals surface area contributed by atoms with Crippen molar-refractivity contribution in [3.63, 3.8) is 0 Å². The lowest BCUT2D eigenvalue weighted by molar-refractivity contribution is -0.139. The zero-order valence-electron chi connectivity index (χ0n) is 17.8. The minimum Gasteiger partial charge on any atom is -0.462 e. The molecular formula is C24H29N3O3. The fourth-order valence-electron chi connectivity index (χ4n) is 3.66. The number of nitrogens with one attached hydrogen (secondary N) is 2. The normalized spacial score (nSPS) is 16.0. The van der Waals surface area contributed by atoms with E-state index in [1.807, 2.05) is 54.6 Å². The van der Waals surface area contributed by atoms with Crippen LogP contribution in [-0.4, -0.2) is 31.7 Å².